The molecule has 0 aliphatic carbocycles. The van der Waals surface area contributed by atoms with Gasteiger partial charge in [0.25, 0.3) is 0 Å². The van der Waals surface area contributed by atoms with Gasteiger partial charge in [-0.2, -0.15) is 0 Å². The molecule has 4 heteroatoms. The molecule has 30 heavy (non-hydrogen) atoms. The van der Waals surface area contributed by atoms with Gasteiger partial charge in [0, 0.05) is 5.39 Å². The van der Waals surface area contributed by atoms with E-state index in [1.165, 1.54) is 0 Å². The van der Waals surface area contributed by atoms with Gasteiger partial charge in [-0.3, -0.25) is 0 Å². The summed E-state index contributed by atoms with van der Waals surface area (Å²) >= 11 is 0. The lowest BCUT2D eigenvalue weighted by Gasteiger charge is -2.23. The molecule has 0 saturated carbocycles. The summed E-state index contributed by atoms with van der Waals surface area (Å²) < 4.78 is 12.6. The molecule has 0 aliphatic rings. The summed E-state index contributed by atoms with van der Waals surface area (Å²) in [7, 11) is -4.88. The Balaban J connectivity index is 2.13. The summed E-state index contributed by atoms with van der Waals surface area (Å²) in [6, 6.07) is 16.4. The lowest BCUT2D eigenvalue weighted by atomic mass is 10.0. The van der Waals surface area contributed by atoms with Crippen molar-refractivity contribution in [3.8, 4) is 11.5 Å². The van der Waals surface area contributed by atoms with Crippen LogP contribution in [0.4, 0.5) is 0 Å². The molecule has 3 aromatic carbocycles. The third kappa shape index (κ3) is 3.88. The molecule has 0 aliphatic heterocycles. The Morgan fingerprint density at radius 3 is 1.77 bits per heavy atom. The summed E-state index contributed by atoms with van der Waals surface area (Å²) in [5, 5.41) is 4.29. The Labute approximate surface area is 180 Å². The van der Waals surface area contributed by atoms with E-state index in [0.29, 0.717) is 0 Å². The van der Waals surface area contributed by atoms with Gasteiger partial charge in [0.2, 0.25) is 0 Å². The molecule has 0 heterocycles. The van der Waals surface area contributed by atoms with Crippen molar-refractivity contribution in [2.45, 2.75) is 0 Å². The van der Waals surface area contributed by atoms with Gasteiger partial charge in [0.05, 0.1) is 0 Å². The molecular weight excluding hydrogens is 400 g/mol. The highest BCUT2D eigenvalue weighted by atomic mass is 28.4. The van der Waals surface area contributed by atoms with Gasteiger partial charge in [-0.05, 0) is 46.5 Å². The third-order valence-corrected chi connectivity index (χ3v) is 10.3. The van der Waals surface area contributed by atoms with Crippen molar-refractivity contribution in [2.24, 2.45) is 0 Å². The smallest absolute Gasteiger partial charge is 0.323 e. The van der Waals surface area contributed by atoms with Crippen LogP contribution in [0.25, 0.3) is 21.5 Å². The highest BCUT2D eigenvalue weighted by Crippen LogP contribution is 2.33. The van der Waals surface area contributed by atoms with Gasteiger partial charge < -0.3 is 8.85 Å². The van der Waals surface area contributed by atoms with Crippen LogP contribution in [0.2, 0.25) is 0 Å². The van der Waals surface area contributed by atoms with Crippen LogP contribution in [0.1, 0.15) is 0 Å². The van der Waals surface area contributed by atoms with Crippen LogP contribution >= 0.6 is 0 Å². The van der Waals surface area contributed by atoms with Gasteiger partial charge in [-0.25, -0.2) is 0 Å². The Kier molecular flexibility index (Phi) is 6.10. The molecule has 0 unspecified atom stereocenters. The third-order valence-electron chi connectivity index (χ3n) is 5.26. The minimum Gasteiger partial charge on any atom is -0.532 e. The Morgan fingerprint density at radius 2 is 1.17 bits per heavy atom. The van der Waals surface area contributed by atoms with Crippen LogP contribution in [0, 0.1) is 0 Å². The van der Waals surface area contributed by atoms with Crippen LogP contribution in [-0.2, 0) is 0 Å². The molecule has 150 valence electrons. The highest BCUT2D eigenvalue weighted by molar-refractivity contribution is 6.88. The Morgan fingerprint density at radius 1 is 0.567 bits per heavy atom. The molecule has 2 nitrogen and oxygen atoms in total. The number of hydrogen-bond acceptors (Lipinski definition) is 2. The van der Waals surface area contributed by atoms with E-state index in [1.807, 2.05) is 58.5 Å². The fourth-order valence-electron chi connectivity index (χ4n) is 3.27. The summed E-state index contributed by atoms with van der Waals surface area (Å²) in [5.41, 5.74) is 10.9. The summed E-state index contributed by atoms with van der Waals surface area (Å²) in [6.07, 6.45) is 0. The lowest BCUT2D eigenvalue weighted by Crippen LogP contribution is -2.35. The number of benzene rings is 3. The van der Waals surface area contributed by atoms with Crippen LogP contribution in [0.3, 0.4) is 0 Å². The van der Waals surface area contributed by atoms with E-state index in [2.05, 4.69) is 63.7 Å². The first-order valence-electron chi connectivity index (χ1n) is 9.63. The van der Waals surface area contributed by atoms with E-state index in [4.69, 9.17) is 8.85 Å². The zero-order valence-electron chi connectivity index (χ0n) is 17.1. The molecule has 0 spiro atoms. The minimum absolute atomic E-state index is 0.763. The molecule has 0 amide bonds. The van der Waals surface area contributed by atoms with E-state index in [0.717, 1.165) is 33.0 Å². The molecular formula is C26H26O2Si2. The van der Waals surface area contributed by atoms with E-state index >= 15 is 0 Å². The van der Waals surface area contributed by atoms with Gasteiger partial charge in [-0.1, -0.05) is 52.4 Å². The highest BCUT2D eigenvalue weighted by Gasteiger charge is 2.27. The second-order valence-electron chi connectivity index (χ2n) is 6.97. The molecule has 0 N–H and O–H groups in total. The van der Waals surface area contributed by atoms with E-state index < -0.39 is 16.6 Å². The predicted octanol–water partition coefficient (Wildman–Crippen LogP) is 6.99. The first kappa shape index (κ1) is 21.4. The van der Waals surface area contributed by atoms with Gasteiger partial charge in [0.15, 0.2) is 0 Å². The van der Waals surface area contributed by atoms with Crippen molar-refractivity contribution < 1.29 is 8.85 Å². The lowest BCUT2D eigenvalue weighted by molar-refractivity contribution is 0.575. The van der Waals surface area contributed by atoms with Crippen molar-refractivity contribution in [2.75, 3.05) is 0 Å². The van der Waals surface area contributed by atoms with E-state index in [-0.39, 0.29) is 0 Å². The average molecular weight is 427 g/mol. The van der Waals surface area contributed by atoms with Gasteiger partial charge in [0.1, 0.15) is 11.5 Å². The van der Waals surface area contributed by atoms with E-state index in [9.17, 15) is 0 Å². The maximum absolute atomic E-state index is 6.40. The fourth-order valence-corrected chi connectivity index (χ4v) is 5.86. The first-order valence-corrected chi connectivity index (χ1v) is 13.9. The molecule has 0 saturated heterocycles. The molecule has 3 aromatic rings. The Bertz CT molecular complexity index is 1130. The standard InChI is InChI=1S/C26H26O2Si2/c1-7-29(8-2,9-3)27-24-17-16-21-18-22-14-13-15-26(25(22)20-23(21)19-24)28-30(10-4,11-5)12-6/h7-20H,1-6H2. The maximum atomic E-state index is 6.40. The van der Waals surface area contributed by atoms with Gasteiger partial charge >= 0.3 is 16.6 Å². The van der Waals surface area contributed by atoms with Gasteiger partial charge in [-0.15, -0.1) is 39.5 Å². The largest absolute Gasteiger partial charge is 0.532 e. The molecule has 0 fully saturated rings. The summed E-state index contributed by atoms with van der Waals surface area (Å²) in [4.78, 5) is 0. The number of hydrogen-bond donors (Lipinski definition) is 0. The Hall–Kier alpha value is -3.35. The summed E-state index contributed by atoms with van der Waals surface area (Å²) in [5.74, 6) is 1.55. The number of fused-ring (bicyclic) bond motifs is 2. The number of rotatable bonds is 10. The second-order valence-corrected chi connectivity index (χ2v) is 13.2. The monoisotopic (exact) mass is 426 g/mol. The van der Waals surface area contributed by atoms with Crippen LogP contribution in [-0.4, -0.2) is 16.6 Å². The quantitative estimate of drug-likeness (QED) is 0.257. The van der Waals surface area contributed by atoms with Crippen molar-refractivity contribution in [1.82, 2.24) is 0 Å². The SMILES string of the molecule is C=C[Si](C=C)(C=C)Oc1ccc2cc3cccc(O[Si](C=C)(C=C)C=C)c3cc2c1. The van der Waals surface area contributed by atoms with Crippen molar-refractivity contribution in [3.05, 3.63) is 122 Å². The van der Waals surface area contributed by atoms with Crippen molar-refractivity contribution in [3.63, 3.8) is 0 Å². The van der Waals surface area contributed by atoms with Crippen LogP contribution < -0.4 is 8.85 Å². The average Bonchev–Trinajstić information content (AvgIpc) is 2.80. The molecule has 3 rings (SSSR count). The van der Waals surface area contributed by atoms with Crippen molar-refractivity contribution >= 4 is 38.2 Å². The normalized spacial score (nSPS) is 11.5. The van der Waals surface area contributed by atoms with Crippen LogP contribution in [0.5, 0.6) is 11.5 Å². The minimum atomic E-state index is -2.46. The molecule has 0 bridgehead atoms. The maximum Gasteiger partial charge on any atom is 0.323 e. The van der Waals surface area contributed by atoms with Crippen molar-refractivity contribution in [1.29, 1.82) is 0 Å². The second kappa shape index (κ2) is 8.57. The predicted molar refractivity (Wildman–Crippen MR) is 135 cm³/mol. The first-order chi connectivity index (χ1) is 14.5. The molecule has 0 atom stereocenters. The van der Waals surface area contributed by atoms with E-state index in [1.54, 1.807) is 0 Å². The zero-order valence-corrected chi connectivity index (χ0v) is 19.1. The van der Waals surface area contributed by atoms with Crippen LogP contribution in [0.15, 0.2) is 122 Å². The molecule has 0 radical (unpaired) electrons. The zero-order chi connectivity index (χ0) is 21.8. The fraction of sp³-hybridized carbons (Fsp3) is 0. The molecule has 0 aromatic heterocycles. The summed E-state index contributed by atoms with van der Waals surface area (Å²) in [6.45, 7) is 23.5. The topological polar surface area (TPSA) is 18.5 Å².